The fourth-order valence-electron chi connectivity index (χ4n) is 2.53. The molecule has 3 aromatic rings. The third-order valence-electron chi connectivity index (χ3n) is 4.22. The number of rotatable bonds is 5. The average Bonchev–Trinajstić information content (AvgIpc) is 3.24. The number of benzene rings is 2. The maximum Gasteiger partial charge on any atom is 0.338 e. The summed E-state index contributed by atoms with van der Waals surface area (Å²) < 4.78 is 6.60. The summed E-state index contributed by atoms with van der Waals surface area (Å²) in [6.07, 6.45) is 3.43. The normalized spacial score (nSPS) is 10.3. The monoisotopic (exact) mass is 392 g/mol. The van der Waals surface area contributed by atoms with Crippen molar-refractivity contribution in [1.29, 1.82) is 0 Å². The lowest BCUT2D eigenvalue weighted by Gasteiger charge is -2.09. The van der Waals surface area contributed by atoms with Gasteiger partial charge >= 0.3 is 12.0 Å². The Bertz CT molecular complexity index is 1030. The Hall–Kier alpha value is -3.94. The van der Waals surface area contributed by atoms with E-state index in [0.717, 1.165) is 16.8 Å². The molecule has 8 nitrogen and oxygen atoms in total. The minimum atomic E-state index is -0.729. The van der Waals surface area contributed by atoms with Gasteiger partial charge in [0.2, 0.25) is 0 Å². The van der Waals surface area contributed by atoms with E-state index in [1.807, 2.05) is 19.9 Å². The molecule has 0 aliphatic carbocycles. The molecule has 2 aromatic carbocycles. The number of imide groups is 1. The van der Waals surface area contributed by atoms with Gasteiger partial charge < -0.3 is 10.1 Å². The topological polar surface area (TPSA) is 102 Å². The van der Waals surface area contributed by atoms with Gasteiger partial charge in [-0.15, -0.1) is 0 Å². The van der Waals surface area contributed by atoms with Crippen molar-refractivity contribution in [1.82, 2.24) is 15.1 Å². The van der Waals surface area contributed by atoms with Crippen molar-refractivity contribution in [2.24, 2.45) is 0 Å². The van der Waals surface area contributed by atoms with Gasteiger partial charge in [0.1, 0.15) is 0 Å². The molecule has 0 saturated carbocycles. The van der Waals surface area contributed by atoms with Crippen LogP contribution in [0.2, 0.25) is 0 Å². The number of carbonyl (C=O) groups is 3. The number of ether oxygens (including phenoxy) is 1. The summed E-state index contributed by atoms with van der Waals surface area (Å²) in [7, 11) is 0. The van der Waals surface area contributed by atoms with Crippen LogP contribution < -0.4 is 10.6 Å². The Labute approximate surface area is 167 Å². The van der Waals surface area contributed by atoms with Gasteiger partial charge in [-0.2, -0.15) is 5.10 Å². The van der Waals surface area contributed by atoms with Gasteiger partial charge in [0.15, 0.2) is 6.61 Å². The quantitative estimate of drug-likeness (QED) is 0.650. The number of carbonyl (C=O) groups excluding carboxylic acids is 3. The van der Waals surface area contributed by atoms with Crippen molar-refractivity contribution in [2.75, 3.05) is 11.9 Å². The Morgan fingerprint density at radius 1 is 1.03 bits per heavy atom. The second kappa shape index (κ2) is 8.83. The average molecular weight is 392 g/mol. The fourth-order valence-corrected chi connectivity index (χ4v) is 2.53. The molecule has 8 heteroatoms. The van der Waals surface area contributed by atoms with E-state index in [-0.39, 0.29) is 5.56 Å². The molecule has 1 aromatic heterocycles. The van der Waals surface area contributed by atoms with Gasteiger partial charge in [0.05, 0.1) is 11.3 Å². The highest BCUT2D eigenvalue weighted by molar-refractivity contribution is 6.02. The smallest absolute Gasteiger partial charge is 0.338 e. The Balaban J connectivity index is 1.47. The number of nitrogens with one attached hydrogen (secondary N) is 2. The fraction of sp³-hybridized carbons (Fsp3) is 0.143. The molecule has 0 saturated heterocycles. The molecule has 3 rings (SSSR count). The first kappa shape index (κ1) is 19.8. The van der Waals surface area contributed by atoms with E-state index < -0.39 is 24.5 Å². The predicted molar refractivity (Wildman–Crippen MR) is 107 cm³/mol. The molecule has 1 heterocycles. The summed E-state index contributed by atoms with van der Waals surface area (Å²) in [4.78, 5) is 35.8. The van der Waals surface area contributed by atoms with Gasteiger partial charge in [0.25, 0.3) is 5.91 Å². The third-order valence-corrected chi connectivity index (χ3v) is 4.22. The second-order valence-electron chi connectivity index (χ2n) is 6.37. The zero-order chi connectivity index (χ0) is 20.8. The van der Waals surface area contributed by atoms with Crippen molar-refractivity contribution in [2.45, 2.75) is 13.8 Å². The lowest BCUT2D eigenvalue weighted by Crippen LogP contribution is -2.37. The SMILES string of the molecule is Cc1ccc(NC(=O)NC(=O)COC(=O)c2ccc(-n3cccn3)cc2)cc1C. The van der Waals surface area contributed by atoms with Gasteiger partial charge in [-0.25, -0.2) is 14.3 Å². The lowest BCUT2D eigenvalue weighted by atomic mass is 10.1. The third kappa shape index (κ3) is 5.29. The molecule has 0 bridgehead atoms. The van der Waals surface area contributed by atoms with Crippen LogP contribution in [-0.2, 0) is 9.53 Å². The minimum absolute atomic E-state index is 0.285. The Morgan fingerprint density at radius 3 is 2.45 bits per heavy atom. The summed E-state index contributed by atoms with van der Waals surface area (Å²) in [6, 6.07) is 13.1. The summed E-state index contributed by atoms with van der Waals surface area (Å²) in [5.74, 6) is -1.39. The van der Waals surface area contributed by atoms with Crippen LogP contribution in [0.5, 0.6) is 0 Å². The van der Waals surface area contributed by atoms with Gasteiger partial charge in [-0.05, 0) is 67.4 Å². The molecule has 0 unspecified atom stereocenters. The molecule has 0 aliphatic heterocycles. The van der Waals surface area contributed by atoms with Crippen molar-refractivity contribution in [3.8, 4) is 5.69 Å². The minimum Gasteiger partial charge on any atom is -0.452 e. The molecular weight excluding hydrogens is 372 g/mol. The van der Waals surface area contributed by atoms with E-state index >= 15 is 0 Å². The number of aromatic nitrogens is 2. The molecular formula is C21H20N4O4. The highest BCUT2D eigenvalue weighted by Gasteiger charge is 2.13. The van der Waals surface area contributed by atoms with Crippen LogP contribution in [0.3, 0.4) is 0 Å². The molecule has 0 radical (unpaired) electrons. The number of nitrogens with zero attached hydrogens (tertiary/aromatic N) is 2. The summed E-state index contributed by atoms with van der Waals surface area (Å²) >= 11 is 0. The number of aryl methyl sites for hydroxylation is 2. The lowest BCUT2D eigenvalue weighted by molar-refractivity contribution is -0.123. The first-order valence-corrected chi connectivity index (χ1v) is 8.87. The zero-order valence-electron chi connectivity index (χ0n) is 16.0. The van der Waals surface area contributed by atoms with Crippen LogP contribution >= 0.6 is 0 Å². The largest absolute Gasteiger partial charge is 0.452 e. The van der Waals surface area contributed by atoms with Crippen molar-refractivity contribution < 1.29 is 19.1 Å². The molecule has 2 N–H and O–H groups in total. The van der Waals surface area contributed by atoms with Crippen molar-refractivity contribution in [3.05, 3.63) is 77.6 Å². The number of anilines is 1. The summed E-state index contributed by atoms with van der Waals surface area (Å²) in [5, 5.41) is 8.78. The van der Waals surface area contributed by atoms with Crippen LogP contribution in [0.4, 0.5) is 10.5 Å². The van der Waals surface area contributed by atoms with Crippen LogP contribution in [0, 0.1) is 13.8 Å². The van der Waals surface area contributed by atoms with Crippen LogP contribution in [-0.4, -0.2) is 34.3 Å². The maximum absolute atomic E-state index is 12.1. The van der Waals surface area contributed by atoms with E-state index in [1.165, 1.54) is 0 Å². The molecule has 29 heavy (non-hydrogen) atoms. The number of urea groups is 1. The molecule has 0 aliphatic rings. The van der Waals surface area contributed by atoms with Crippen molar-refractivity contribution >= 4 is 23.6 Å². The van der Waals surface area contributed by atoms with E-state index in [0.29, 0.717) is 5.69 Å². The highest BCUT2D eigenvalue weighted by Crippen LogP contribution is 2.14. The van der Waals surface area contributed by atoms with E-state index in [2.05, 4.69) is 15.7 Å². The van der Waals surface area contributed by atoms with Crippen LogP contribution in [0.15, 0.2) is 60.9 Å². The summed E-state index contributed by atoms with van der Waals surface area (Å²) in [6.45, 7) is 3.31. The Morgan fingerprint density at radius 2 is 1.79 bits per heavy atom. The highest BCUT2D eigenvalue weighted by atomic mass is 16.5. The zero-order valence-corrected chi connectivity index (χ0v) is 16.0. The molecule has 0 fully saturated rings. The molecule has 0 spiro atoms. The first-order valence-electron chi connectivity index (χ1n) is 8.87. The maximum atomic E-state index is 12.1. The number of hydrogen-bond acceptors (Lipinski definition) is 5. The van der Waals surface area contributed by atoms with Crippen LogP contribution in [0.1, 0.15) is 21.5 Å². The van der Waals surface area contributed by atoms with Crippen molar-refractivity contribution in [3.63, 3.8) is 0 Å². The summed E-state index contributed by atoms with van der Waals surface area (Å²) in [5.41, 5.74) is 3.74. The van der Waals surface area contributed by atoms with Crippen LogP contribution in [0.25, 0.3) is 5.69 Å². The Kier molecular flexibility index (Phi) is 6.03. The second-order valence-corrected chi connectivity index (χ2v) is 6.37. The molecule has 0 atom stereocenters. The first-order chi connectivity index (χ1) is 13.9. The van der Waals surface area contributed by atoms with Gasteiger partial charge in [0, 0.05) is 18.1 Å². The molecule has 148 valence electrons. The predicted octanol–water partition coefficient (Wildman–Crippen LogP) is 2.99. The number of amides is 3. The van der Waals surface area contributed by atoms with E-state index in [1.54, 1.807) is 59.5 Å². The standard InChI is InChI=1S/C21H20N4O4/c1-14-4-7-17(12-15(14)2)23-21(28)24-19(26)13-29-20(27)16-5-8-18(9-6-16)25-11-3-10-22-25/h3-12H,13H2,1-2H3,(H2,23,24,26,28). The van der Waals surface area contributed by atoms with Gasteiger partial charge in [-0.1, -0.05) is 6.07 Å². The number of hydrogen-bond donors (Lipinski definition) is 2. The van der Waals surface area contributed by atoms with E-state index in [9.17, 15) is 14.4 Å². The number of esters is 1. The van der Waals surface area contributed by atoms with E-state index in [4.69, 9.17) is 4.74 Å². The molecule has 3 amide bonds. The van der Waals surface area contributed by atoms with Gasteiger partial charge in [-0.3, -0.25) is 10.1 Å².